The van der Waals surface area contributed by atoms with E-state index in [1.54, 1.807) is 14.2 Å². The molecule has 1 aromatic heterocycles. The van der Waals surface area contributed by atoms with Gasteiger partial charge in [0.2, 0.25) is 0 Å². The van der Waals surface area contributed by atoms with Gasteiger partial charge in [0.1, 0.15) is 11.5 Å². The van der Waals surface area contributed by atoms with Gasteiger partial charge in [0.25, 0.3) is 0 Å². The molecule has 0 N–H and O–H groups in total. The maximum atomic E-state index is 5.49. The van der Waals surface area contributed by atoms with Gasteiger partial charge in [0, 0.05) is 36.6 Å². The standard InChI is InChI=1S/C18H22N2O2/c1-21-15-6-7-16(18(13-15)22-2)17-12-14(8-9-19-17)20-10-4-3-5-11-20/h6-9,12-13H,3-5,10-11H2,1-2H3. The summed E-state index contributed by atoms with van der Waals surface area (Å²) in [6.45, 7) is 2.26. The van der Waals surface area contributed by atoms with Crippen LogP contribution in [0.2, 0.25) is 0 Å². The van der Waals surface area contributed by atoms with Gasteiger partial charge in [-0.05, 0) is 43.5 Å². The molecule has 0 atom stereocenters. The molecule has 2 aromatic rings. The quantitative estimate of drug-likeness (QED) is 0.861. The number of piperidine rings is 1. The fourth-order valence-corrected chi connectivity index (χ4v) is 2.93. The number of ether oxygens (including phenoxy) is 2. The van der Waals surface area contributed by atoms with E-state index in [0.29, 0.717) is 0 Å². The van der Waals surface area contributed by atoms with Gasteiger partial charge in [-0.3, -0.25) is 4.98 Å². The van der Waals surface area contributed by atoms with E-state index in [1.165, 1.54) is 24.9 Å². The zero-order chi connectivity index (χ0) is 15.4. The lowest BCUT2D eigenvalue weighted by Crippen LogP contribution is -2.29. The molecular weight excluding hydrogens is 276 g/mol. The predicted molar refractivity (Wildman–Crippen MR) is 88.8 cm³/mol. The Labute approximate surface area is 131 Å². The van der Waals surface area contributed by atoms with Crippen molar-refractivity contribution in [2.24, 2.45) is 0 Å². The fraction of sp³-hybridized carbons (Fsp3) is 0.389. The number of hydrogen-bond acceptors (Lipinski definition) is 4. The smallest absolute Gasteiger partial charge is 0.131 e. The van der Waals surface area contributed by atoms with Crippen LogP contribution < -0.4 is 14.4 Å². The highest BCUT2D eigenvalue weighted by molar-refractivity contribution is 5.71. The minimum absolute atomic E-state index is 0.780. The molecule has 4 heteroatoms. The van der Waals surface area contributed by atoms with Crippen LogP contribution in [0.3, 0.4) is 0 Å². The third-order valence-electron chi connectivity index (χ3n) is 4.15. The van der Waals surface area contributed by atoms with Crippen molar-refractivity contribution in [2.45, 2.75) is 19.3 Å². The molecule has 4 nitrogen and oxygen atoms in total. The minimum Gasteiger partial charge on any atom is -0.497 e. The van der Waals surface area contributed by atoms with Gasteiger partial charge in [-0.15, -0.1) is 0 Å². The molecule has 1 aliphatic rings. The molecule has 0 spiro atoms. The molecule has 0 saturated carbocycles. The molecule has 0 bridgehead atoms. The molecular formula is C18H22N2O2. The van der Waals surface area contributed by atoms with E-state index in [-0.39, 0.29) is 0 Å². The first-order chi connectivity index (χ1) is 10.8. The number of rotatable bonds is 4. The van der Waals surface area contributed by atoms with Gasteiger partial charge < -0.3 is 14.4 Å². The molecule has 1 aliphatic heterocycles. The molecule has 22 heavy (non-hydrogen) atoms. The van der Waals surface area contributed by atoms with Crippen LogP contribution in [0.25, 0.3) is 11.3 Å². The summed E-state index contributed by atoms with van der Waals surface area (Å²) in [5.41, 5.74) is 3.16. The minimum atomic E-state index is 0.780. The van der Waals surface area contributed by atoms with E-state index in [0.717, 1.165) is 35.8 Å². The SMILES string of the molecule is COc1ccc(-c2cc(N3CCCCC3)ccn2)c(OC)c1. The van der Waals surface area contributed by atoms with Gasteiger partial charge in [-0.1, -0.05) is 0 Å². The Morgan fingerprint density at radius 1 is 0.955 bits per heavy atom. The normalized spacial score (nSPS) is 14.7. The number of pyridine rings is 1. The van der Waals surface area contributed by atoms with Gasteiger partial charge in [-0.25, -0.2) is 0 Å². The highest BCUT2D eigenvalue weighted by atomic mass is 16.5. The highest BCUT2D eigenvalue weighted by Crippen LogP contribution is 2.33. The second-order valence-electron chi connectivity index (χ2n) is 5.51. The van der Waals surface area contributed by atoms with E-state index in [9.17, 15) is 0 Å². The molecule has 1 fully saturated rings. The van der Waals surface area contributed by atoms with Gasteiger partial charge >= 0.3 is 0 Å². The van der Waals surface area contributed by atoms with Gasteiger partial charge in [-0.2, -0.15) is 0 Å². The summed E-state index contributed by atoms with van der Waals surface area (Å²) in [6, 6.07) is 10.1. The van der Waals surface area contributed by atoms with Crippen LogP contribution in [0.4, 0.5) is 5.69 Å². The summed E-state index contributed by atoms with van der Waals surface area (Å²) in [5, 5.41) is 0. The first kappa shape index (κ1) is 14.7. The Hall–Kier alpha value is -2.23. The van der Waals surface area contributed by atoms with Crippen LogP contribution in [0, 0.1) is 0 Å². The zero-order valence-corrected chi connectivity index (χ0v) is 13.2. The van der Waals surface area contributed by atoms with Crippen molar-refractivity contribution in [2.75, 3.05) is 32.2 Å². The summed E-state index contributed by atoms with van der Waals surface area (Å²) in [5.74, 6) is 1.57. The molecule has 1 saturated heterocycles. The topological polar surface area (TPSA) is 34.6 Å². The summed E-state index contributed by atoms with van der Waals surface area (Å²) < 4.78 is 10.8. The monoisotopic (exact) mass is 298 g/mol. The van der Waals surface area contributed by atoms with Gasteiger partial charge in [0.05, 0.1) is 19.9 Å². The van der Waals surface area contributed by atoms with Crippen LogP contribution in [0.5, 0.6) is 11.5 Å². The number of hydrogen-bond donors (Lipinski definition) is 0. The van der Waals surface area contributed by atoms with Crippen molar-refractivity contribution in [1.29, 1.82) is 0 Å². The zero-order valence-electron chi connectivity index (χ0n) is 13.2. The molecule has 2 heterocycles. The van der Waals surface area contributed by atoms with E-state index in [1.807, 2.05) is 24.4 Å². The lowest BCUT2D eigenvalue weighted by Gasteiger charge is -2.29. The van der Waals surface area contributed by atoms with Crippen LogP contribution >= 0.6 is 0 Å². The van der Waals surface area contributed by atoms with Crippen molar-refractivity contribution < 1.29 is 9.47 Å². The Morgan fingerprint density at radius 2 is 1.77 bits per heavy atom. The van der Waals surface area contributed by atoms with E-state index in [4.69, 9.17) is 9.47 Å². The molecule has 0 unspecified atom stereocenters. The third-order valence-corrected chi connectivity index (χ3v) is 4.15. The molecule has 0 amide bonds. The molecule has 0 aliphatic carbocycles. The predicted octanol–water partition coefficient (Wildman–Crippen LogP) is 3.76. The van der Waals surface area contributed by atoms with E-state index < -0.39 is 0 Å². The van der Waals surface area contributed by atoms with Crippen LogP contribution in [0.15, 0.2) is 36.5 Å². The largest absolute Gasteiger partial charge is 0.497 e. The Morgan fingerprint density at radius 3 is 2.50 bits per heavy atom. The average molecular weight is 298 g/mol. The van der Waals surface area contributed by atoms with Gasteiger partial charge in [0.15, 0.2) is 0 Å². The van der Waals surface area contributed by atoms with E-state index >= 15 is 0 Å². The number of anilines is 1. The van der Waals surface area contributed by atoms with Crippen LogP contribution in [-0.2, 0) is 0 Å². The summed E-state index contributed by atoms with van der Waals surface area (Å²) >= 11 is 0. The summed E-state index contributed by atoms with van der Waals surface area (Å²) in [7, 11) is 3.33. The second-order valence-corrected chi connectivity index (χ2v) is 5.51. The van der Waals surface area contributed by atoms with Crippen molar-refractivity contribution in [1.82, 2.24) is 4.98 Å². The van der Waals surface area contributed by atoms with Crippen LogP contribution in [-0.4, -0.2) is 32.3 Å². The first-order valence-corrected chi connectivity index (χ1v) is 7.75. The maximum absolute atomic E-state index is 5.49. The number of aromatic nitrogens is 1. The molecule has 116 valence electrons. The van der Waals surface area contributed by atoms with Crippen molar-refractivity contribution in [3.05, 3.63) is 36.5 Å². The van der Waals surface area contributed by atoms with Crippen molar-refractivity contribution in [3.8, 4) is 22.8 Å². The van der Waals surface area contributed by atoms with Crippen molar-refractivity contribution >= 4 is 5.69 Å². The van der Waals surface area contributed by atoms with E-state index in [2.05, 4.69) is 22.0 Å². The lowest BCUT2D eigenvalue weighted by atomic mass is 10.1. The molecule has 0 radical (unpaired) electrons. The Balaban J connectivity index is 1.94. The lowest BCUT2D eigenvalue weighted by molar-refractivity contribution is 0.395. The summed E-state index contributed by atoms with van der Waals surface area (Å²) in [4.78, 5) is 6.96. The molecule has 1 aromatic carbocycles. The average Bonchev–Trinajstić information content (AvgIpc) is 2.62. The Kier molecular flexibility index (Phi) is 4.47. The highest BCUT2D eigenvalue weighted by Gasteiger charge is 2.14. The number of nitrogens with zero attached hydrogens (tertiary/aromatic N) is 2. The number of methoxy groups -OCH3 is 2. The van der Waals surface area contributed by atoms with Crippen molar-refractivity contribution in [3.63, 3.8) is 0 Å². The molecule has 3 rings (SSSR count). The number of benzene rings is 1. The third kappa shape index (κ3) is 3.01. The Bertz CT molecular complexity index is 637. The second kappa shape index (κ2) is 6.69. The maximum Gasteiger partial charge on any atom is 0.131 e. The fourth-order valence-electron chi connectivity index (χ4n) is 2.93. The summed E-state index contributed by atoms with van der Waals surface area (Å²) in [6.07, 6.45) is 5.75. The van der Waals surface area contributed by atoms with Crippen LogP contribution in [0.1, 0.15) is 19.3 Å². The first-order valence-electron chi connectivity index (χ1n) is 7.75.